The minimum atomic E-state index is 0.242. The van der Waals surface area contributed by atoms with Gasteiger partial charge in [0.15, 0.2) is 5.78 Å². The van der Waals surface area contributed by atoms with Crippen molar-refractivity contribution in [3.05, 3.63) is 29.8 Å². The zero-order chi connectivity index (χ0) is 11.4. The zero-order valence-corrected chi connectivity index (χ0v) is 9.61. The second-order valence-electron chi connectivity index (χ2n) is 4.67. The Kier molecular flexibility index (Phi) is 3.60. The first-order chi connectivity index (χ1) is 7.77. The lowest BCUT2D eigenvalue weighted by atomic mass is 9.91. The van der Waals surface area contributed by atoms with Gasteiger partial charge >= 0.3 is 0 Å². The number of ketones is 1. The smallest absolute Gasteiger partial charge is 0.165 e. The summed E-state index contributed by atoms with van der Waals surface area (Å²) in [6.07, 6.45) is 7.08. The maximum absolute atomic E-state index is 12.2. The highest BCUT2D eigenvalue weighted by molar-refractivity contribution is 5.98. The quantitative estimate of drug-likeness (QED) is 0.468. The Balaban J connectivity index is 2.08. The van der Waals surface area contributed by atoms with Gasteiger partial charge < -0.3 is 5.73 Å². The van der Waals surface area contributed by atoms with E-state index in [4.69, 9.17) is 5.73 Å². The lowest BCUT2D eigenvalue weighted by Gasteiger charge is -2.12. The van der Waals surface area contributed by atoms with Gasteiger partial charge in [-0.2, -0.15) is 0 Å². The number of hydrogen-bond acceptors (Lipinski definition) is 2. The van der Waals surface area contributed by atoms with Crippen LogP contribution in [0, 0.1) is 5.92 Å². The van der Waals surface area contributed by atoms with Gasteiger partial charge in [0.2, 0.25) is 0 Å². The van der Waals surface area contributed by atoms with Crippen LogP contribution < -0.4 is 5.73 Å². The van der Waals surface area contributed by atoms with Gasteiger partial charge in [0.1, 0.15) is 0 Å². The van der Waals surface area contributed by atoms with Gasteiger partial charge in [0.05, 0.1) is 0 Å². The molecule has 2 heteroatoms. The number of hydrogen-bond donors (Lipinski definition) is 1. The summed E-state index contributed by atoms with van der Waals surface area (Å²) >= 11 is 0. The maximum Gasteiger partial charge on any atom is 0.165 e. The van der Waals surface area contributed by atoms with E-state index in [0.717, 1.165) is 24.1 Å². The molecule has 16 heavy (non-hydrogen) atoms. The van der Waals surface area contributed by atoms with Crippen molar-refractivity contribution >= 4 is 11.5 Å². The van der Waals surface area contributed by atoms with E-state index >= 15 is 0 Å². The van der Waals surface area contributed by atoms with E-state index in [9.17, 15) is 4.79 Å². The molecule has 1 fully saturated rings. The molecule has 2 rings (SSSR count). The number of carbonyl (C=O) groups is 1. The average molecular weight is 217 g/mol. The first-order valence-corrected chi connectivity index (χ1v) is 6.17. The van der Waals surface area contributed by atoms with Gasteiger partial charge in [-0.15, -0.1) is 0 Å². The second-order valence-corrected chi connectivity index (χ2v) is 4.67. The summed E-state index contributed by atoms with van der Waals surface area (Å²) in [5.74, 6) is 0.549. The van der Waals surface area contributed by atoms with Crippen molar-refractivity contribution in [2.24, 2.45) is 5.92 Å². The molecular formula is C14H19NO. The van der Waals surface area contributed by atoms with Crippen molar-refractivity contribution in [1.29, 1.82) is 0 Å². The topological polar surface area (TPSA) is 43.1 Å². The highest BCUT2D eigenvalue weighted by Crippen LogP contribution is 2.26. The van der Waals surface area contributed by atoms with Crippen molar-refractivity contribution < 1.29 is 4.79 Å². The van der Waals surface area contributed by atoms with Crippen LogP contribution in [0.15, 0.2) is 24.3 Å². The predicted octanol–water partition coefficient (Wildman–Crippen LogP) is 3.42. The summed E-state index contributed by atoms with van der Waals surface area (Å²) in [5, 5.41) is 0. The van der Waals surface area contributed by atoms with Crippen molar-refractivity contribution in [3.63, 3.8) is 0 Å². The third kappa shape index (κ3) is 2.63. The molecule has 2 nitrogen and oxygen atoms in total. The van der Waals surface area contributed by atoms with Crippen LogP contribution in [0.25, 0.3) is 0 Å². The average Bonchev–Trinajstić information content (AvgIpc) is 2.57. The van der Waals surface area contributed by atoms with Crippen molar-refractivity contribution in [1.82, 2.24) is 0 Å². The maximum atomic E-state index is 12.2. The van der Waals surface area contributed by atoms with Crippen LogP contribution in [0.4, 0.5) is 5.69 Å². The van der Waals surface area contributed by atoms with E-state index in [1.165, 1.54) is 25.7 Å². The highest BCUT2D eigenvalue weighted by atomic mass is 16.1. The number of nitrogen functional groups attached to an aromatic ring is 1. The van der Waals surface area contributed by atoms with Gasteiger partial charge in [-0.1, -0.05) is 25.7 Å². The molecule has 0 spiro atoms. The fourth-order valence-corrected chi connectivity index (χ4v) is 2.42. The molecule has 1 aromatic carbocycles. The van der Waals surface area contributed by atoms with Crippen LogP contribution in [0.5, 0.6) is 0 Å². The summed E-state index contributed by atoms with van der Waals surface area (Å²) in [4.78, 5) is 12.2. The molecule has 0 saturated heterocycles. The molecule has 1 aliphatic carbocycles. The summed E-state index contributed by atoms with van der Waals surface area (Å²) < 4.78 is 0. The van der Waals surface area contributed by atoms with Crippen LogP contribution in [-0.2, 0) is 0 Å². The van der Waals surface area contributed by atoms with Gasteiger partial charge in [0.25, 0.3) is 0 Å². The number of nitrogens with two attached hydrogens (primary N) is 1. The molecule has 1 aromatic rings. The Bertz CT molecular complexity index is 348. The number of rotatable bonds is 2. The minimum absolute atomic E-state index is 0.242. The molecule has 0 amide bonds. The zero-order valence-electron chi connectivity index (χ0n) is 9.61. The Morgan fingerprint density at radius 3 is 2.12 bits per heavy atom. The van der Waals surface area contributed by atoms with Crippen molar-refractivity contribution in [3.8, 4) is 0 Å². The van der Waals surface area contributed by atoms with Crippen LogP contribution in [0.3, 0.4) is 0 Å². The molecule has 0 atom stereocenters. The first-order valence-electron chi connectivity index (χ1n) is 6.17. The number of carbonyl (C=O) groups excluding carboxylic acids is 1. The Labute approximate surface area is 96.8 Å². The van der Waals surface area contributed by atoms with Crippen LogP contribution >= 0.6 is 0 Å². The molecular weight excluding hydrogens is 198 g/mol. The molecule has 2 N–H and O–H groups in total. The lowest BCUT2D eigenvalue weighted by molar-refractivity contribution is 0.0908. The molecule has 1 saturated carbocycles. The predicted molar refractivity (Wildman–Crippen MR) is 66.4 cm³/mol. The van der Waals surface area contributed by atoms with Gasteiger partial charge in [-0.3, -0.25) is 4.79 Å². The van der Waals surface area contributed by atoms with Crippen molar-refractivity contribution in [2.45, 2.75) is 38.5 Å². The highest BCUT2D eigenvalue weighted by Gasteiger charge is 2.20. The normalized spacial score (nSPS) is 18.0. The Hall–Kier alpha value is -1.31. The Morgan fingerprint density at radius 2 is 1.56 bits per heavy atom. The molecule has 0 heterocycles. The fourth-order valence-electron chi connectivity index (χ4n) is 2.42. The van der Waals surface area contributed by atoms with Gasteiger partial charge in [0, 0.05) is 17.2 Å². The third-order valence-electron chi connectivity index (χ3n) is 3.42. The van der Waals surface area contributed by atoms with E-state index < -0.39 is 0 Å². The molecule has 0 aliphatic heterocycles. The molecule has 86 valence electrons. The second kappa shape index (κ2) is 5.15. The summed E-state index contributed by atoms with van der Waals surface area (Å²) in [7, 11) is 0. The van der Waals surface area contributed by atoms with Crippen LogP contribution in [-0.4, -0.2) is 5.78 Å². The Morgan fingerprint density at radius 1 is 1.00 bits per heavy atom. The summed E-state index contributed by atoms with van der Waals surface area (Å²) in [5.41, 5.74) is 7.16. The largest absolute Gasteiger partial charge is 0.399 e. The molecule has 0 radical (unpaired) electrons. The monoisotopic (exact) mass is 217 g/mol. The van der Waals surface area contributed by atoms with E-state index in [2.05, 4.69) is 0 Å². The SMILES string of the molecule is Nc1ccc(C(=O)C2CCCCCC2)cc1. The standard InChI is InChI=1S/C14H19NO/c15-13-9-7-12(8-10-13)14(16)11-5-3-1-2-4-6-11/h7-11H,1-6,15H2. The van der Waals surface area contributed by atoms with Gasteiger partial charge in [-0.25, -0.2) is 0 Å². The third-order valence-corrected chi connectivity index (χ3v) is 3.42. The number of anilines is 1. The minimum Gasteiger partial charge on any atom is -0.399 e. The first kappa shape index (κ1) is 11.2. The van der Waals surface area contributed by atoms with Crippen molar-refractivity contribution in [2.75, 3.05) is 5.73 Å². The van der Waals surface area contributed by atoms with E-state index in [1.54, 1.807) is 0 Å². The molecule has 0 bridgehead atoms. The van der Waals surface area contributed by atoms with E-state index in [-0.39, 0.29) is 5.92 Å². The summed E-state index contributed by atoms with van der Waals surface area (Å²) in [6, 6.07) is 7.32. The molecule has 0 unspecified atom stereocenters. The fraction of sp³-hybridized carbons (Fsp3) is 0.500. The summed E-state index contributed by atoms with van der Waals surface area (Å²) in [6.45, 7) is 0. The number of Topliss-reactive ketones (excluding diaryl/α,β-unsaturated/α-hetero) is 1. The van der Waals surface area contributed by atoms with E-state index in [0.29, 0.717) is 5.78 Å². The van der Waals surface area contributed by atoms with Crippen LogP contribution in [0.2, 0.25) is 0 Å². The molecule has 1 aliphatic rings. The van der Waals surface area contributed by atoms with Crippen LogP contribution in [0.1, 0.15) is 48.9 Å². The van der Waals surface area contributed by atoms with E-state index in [1.807, 2.05) is 24.3 Å². The van der Waals surface area contributed by atoms with Gasteiger partial charge in [-0.05, 0) is 37.1 Å². The number of benzene rings is 1. The molecule has 0 aromatic heterocycles. The lowest BCUT2D eigenvalue weighted by Crippen LogP contribution is -2.13.